The molecule has 1 heterocycles. The molecule has 0 aliphatic carbocycles. The summed E-state index contributed by atoms with van der Waals surface area (Å²) < 4.78 is 5.84. The summed E-state index contributed by atoms with van der Waals surface area (Å²) in [4.78, 5) is 15.9. The third kappa shape index (κ3) is 4.33. The van der Waals surface area contributed by atoms with E-state index in [0.29, 0.717) is 6.54 Å². The highest BCUT2D eigenvalue weighted by molar-refractivity contribution is 7.09. The molecule has 0 bridgehead atoms. The molecule has 26 heavy (non-hydrogen) atoms. The number of ether oxygens (including phenoxy) is 1. The number of benzene rings is 2. The zero-order valence-corrected chi connectivity index (χ0v) is 16.2. The number of hydrogen-bond donors (Lipinski definition) is 0. The third-order valence-electron chi connectivity index (χ3n) is 4.45. The largest absolute Gasteiger partial charge is 0.483 e. The molecular weight excluding hydrogens is 342 g/mol. The van der Waals surface area contributed by atoms with Gasteiger partial charge in [0.05, 0.1) is 6.54 Å². The summed E-state index contributed by atoms with van der Waals surface area (Å²) in [6, 6.07) is 18.0. The first-order chi connectivity index (χ1) is 12.5. The van der Waals surface area contributed by atoms with Gasteiger partial charge in [0.15, 0.2) is 6.61 Å². The maximum atomic E-state index is 12.9. The molecule has 0 aliphatic heterocycles. The maximum absolute atomic E-state index is 12.9. The van der Waals surface area contributed by atoms with Crippen molar-refractivity contribution in [2.24, 2.45) is 0 Å². The van der Waals surface area contributed by atoms with Crippen LogP contribution in [0.2, 0.25) is 0 Å². The van der Waals surface area contributed by atoms with E-state index in [-0.39, 0.29) is 12.5 Å². The highest BCUT2D eigenvalue weighted by Crippen LogP contribution is 2.23. The van der Waals surface area contributed by atoms with E-state index in [1.54, 1.807) is 16.2 Å². The van der Waals surface area contributed by atoms with Crippen LogP contribution in [0.5, 0.6) is 5.75 Å². The van der Waals surface area contributed by atoms with Gasteiger partial charge < -0.3 is 9.64 Å². The molecule has 0 atom stereocenters. The minimum Gasteiger partial charge on any atom is -0.483 e. The molecule has 3 aromatic rings. The van der Waals surface area contributed by atoms with E-state index >= 15 is 0 Å². The van der Waals surface area contributed by atoms with Gasteiger partial charge in [-0.15, -0.1) is 11.3 Å². The van der Waals surface area contributed by atoms with E-state index in [1.807, 2.05) is 80.7 Å². The Hall–Kier alpha value is -2.59. The van der Waals surface area contributed by atoms with Crippen LogP contribution in [0.3, 0.4) is 0 Å². The van der Waals surface area contributed by atoms with Crippen LogP contribution in [0, 0.1) is 20.8 Å². The van der Waals surface area contributed by atoms with Gasteiger partial charge >= 0.3 is 0 Å². The first-order valence-electron chi connectivity index (χ1n) is 8.63. The minimum atomic E-state index is -0.0526. The Morgan fingerprint density at radius 2 is 1.77 bits per heavy atom. The Morgan fingerprint density at radius 3 is 2.46 bits per heavy atom. The summed E-state index contributed by atoms with van der Waals surface area (Å²) in [7, 11) is 0. The van der Waals surface area contributed by atoms with Crippen LogP contribution in [0.4, 0.5) is 5.69 Å². The quantitative estimate of drug-likeness (QED) is 0.594. The molecule has 4 heteroatoms. The molecule has 0 unspecified atom stereocenters. The standard InChI is InChI=1S/C22H23NO2S/c1-16-9-11-19(12-10-16)23(14-20-7-5-13-26-20)22(24)15-25-21-8-4-6-17(2)18(21)3/h4-13H,14-15H2,1-3H3. The Kier molecular flexibility index (Phi) is 5.74. The van der Waals surface area contributed by atoms with Crippen molar-refractivity contribution < 1.29 is 9.53 Å². The van der Waals surface area contributed by atoms with Crippen molar-refractivity contribution >= 4 is 22.9 Å². The topological polar surface area (TPSA) is 29.5 Å². The van der Waals surface area contributed by atoms with Crippen molar-refractivity contribution in [1.82, 2.24) is 0 Å². The fourth-order valence-corrected chi connectivity index (χ4v) is 3.40. The van der Waals surface area contributed by atoms with E-state index in [9.17, 15) is 4.79 Å². The smallest absolute Gasteiger partial charge is 0.265 e. The van der Waals surface area contributed by atoms with E-state index in [4.69, 9.17) is 4.74 Å². The van der Waals surface area contributed by atoms with Gasteiger partial charge in [-0.25, -0.2) is 0 Å². The lowest BCUT2D eigenvalue weighted by Gasteiger charge is -2.23. The summed E-state index contributed by atoms with van der Waals surface area (Å²) in [5, 5.41) is 2.03. The van der Waals surface area contributed by atoms with Crippen LogP contribution < -0.4 is 9.64 Å². The molecule has 134 valence electrons. The molecule has 0 aliphatic rings. The number of thiophene rings is 1. The van der Waals surface area contributed by atoms with Crippen molar-refractivity contribution in [3.63, 3.8) is 0 Å². The number of nitrogens with zero attached hydrogens (tertiary/aromatic N) is 1. The van der Waals surface area contributed by atoms with Gasteiger partial charge in [0.1, 0.15) is 5.75 Å². The summed E-state index contributed by atoms with van der Waals surface area (Å²) in [6.45, 7) is 6.66. The normalized spacial score (nSPS) is 10.6. The lowest BCUT2D eigenvalue weighted by Crippen LogP contribution is -2.34. The zero-order valence-electron chi connectivity index (χ0n) is 15.4. The molecule has 1 amide bonds. The first kappa shape index (κ1) is 18.2. The van der Waals surface area contributed by atoms with E-state index in [2.05, 4.69) is 0 Å². The molecular formula is C22H23NO2S. The molecule has 1 aromatic heterocycles. The van der Waals surface area contributed by atoms with E-state index in [0.717, 1.165) is 27.4 Å². The van der Waals surface area contributed by atoms with Crippen LogP contribution >= 0.6 is 11.3 Å². The average Bonchev–Trinajstić information content (AvgIpc) is 3.15. The number of amides is 1. The van der Waals surface area contributed by atoms with Crippen LogP contribution in [0.25, 0.3) is 0 Å². The van der Waals surface area contributed by atoms with Crippen molar-refractivity contribution in [3.8, 4) is 5.75 Å². The number of aryl methyl sites for hydroxylation is 2. The predicted molar refractivity (Wildman–Crippen MR) is 108 cm³/mol. The Bertz CT molecular complexity index is 870. The lowest BCUT2D eigenvalue weighted by atomic mass is 10.1. The molecule has 3 nitrogen and oxygen atoms in total. The summed E-state index contributed by atoms with van der Waals surface area (Å²) >= 11 is 1.65. The highest BCUT2D eigenvalue weighted by atomic mass is 32.1. The third-order valence-corrected chi connectivity index (χ3v) is 5.31. The van der Waals surface area contributed by atoms with Crippen molar-refractivity contribution in [3.05, 3.63) is 81.5 Å². The van der Waals surface area contributed by atoms with Gasteiger partial charge in [0.2, 0.25) is 0 Å². The Morgan fingerprint density at radius 1 is 1.00 bits per heavy atom. The molecule has 0 fully saturated rings. The molecule has 3 rings (SSSR count). The van der Waals surface area contributed by atoms with Gasteiger partial charge in [-0.05, 0) is 61.5 Å². The van der Waals surface area contributed by atoms with E-state index in [1.165, 1.54) is 5.56 Å². The SMILES string of the molecule is Cc1ccc(N(Cc2cccs2)C(=O)COc2cccc(C)c2C)cc1. The second-order valence-corrected chi connectivity index (χ2v) is 7.41. The van der Waals surface area contributed by atoms with Gasteiger partial charge in [0, 0.05) is 10.6 Å². The van der Waals surface area contributed by atoms with Crippen LogP contribution in [-0.2, 0) is 11.3 Å². The molecule has 2 aromatic carbocycles. The monoisotopic (exact) mass is 365 g/mol. The number of carbonyl (C=O) groups is 1. The van der Waals surface area contributed by atoms with Gasteiger partial charge in [0.25, 0.3) is 5.91 Å². The number of rotatable bonds is 6. The summed E-state index contributed by atoms with van der Waals surface area (Å²) in [5.74, 6) is 0.710. The Labute approximate surface area is 158 Å². The maximum Gasteiger partial charge on any atom is 0.265 e. The minimum absolute atomic E-state index is 0.0174. The predicted octanol–water partition coefficient (Wildman–Crippen LogP) is 5.29. The van der Waals surface area contributed by atoms with Gasteiger partial charge in [-0.1, -0.05) is 35.9 Å². The van der Waals surface area contributed by atoms with Crippen LogP contribution in [0.15, 0.2) is 60.0 Å². The molecule has 0 N–H and O–H groups in total. The van der Waals surface area contributed by atoms with Crippen LogP contribution in [-0.4, -0.2) is 12.5 Å². The van der Waals surface area contributed by atoms with Gasteiger partial charge in [-0.3, -0.25) is 4.79 Å². The van der Waals surface area contributed by atoms with Crippen molar-refractivity contribution in [2.75, 3.05) is 11.5 Å². The second kappa shape index (κ2) is 8.19. The summed E-state index contributed by atoms with van der Waals surface area (Å²) in [6.07, 6.45) is 0. The van der Waals surface area contributed by atoms with Crippen molar-refractivity contribution in [1.29, 1.82) is 0 Å². The molecule has 0 spiro atoms. The molecule has 0 saturated carbocycles. The second-order valence-electron chi connectivity index (χ2n) is 6.38. The Balaban J connectivity index is 1.78. The first-order valence-corrected chi connectivity index (χ1v) is 9.51. The van der Waals surface area contributed by atoms with Gasteiger partial charge in [-0.2, -0.15) is 0 Å². The number of hydrogen-bond acceptors (Lipinski definition) is 3. The summed E-state index contributed by atoms with van der Waals surface area (Å²) in [5.41, 5.74) is 4.28. The fourth-order valence-electron chi connectivity index (χ4n) is 2.70. The lowest BCUT2D eigenvalue weighted by molar-refractivity contribution is -0.120. The molecule has 0 radical (unpaired) electrons. The van der Waals surface area contributed by atoms with Crippen molar-refractivity contribution in [2.45, 2.75) is 27.3 Å². The van der Waals surface area contributed by atoms with E-state index < -0.39 is 0 Å². The zero-order chi connectivity index (χ0) is 18.5. The molecule has 0 saturated heterocycles. The fraction of sp³-hybridized carbons (Fsp3) is 0.227. The number of carbonyl (C=O) groups excluding carboxylic acids is 1. The highest BCUT2D eigenvalue weighted by Gasteiger charge is 2.18. The number of anilines is 1. The van der Waals surface area contributed by atoms with Crippen LogP contribution in [0.1, 0.15) is 21.6 Å². The average molecular weight is 365 g/mol.